The van der Waals surface area contributed by atoms with Gasteiger partial charge in [-0.3, -0.25) is 9.59 Å². The number of rotatable bonds is 7. The summed E-state index contributed by atoms with van der Waals surface area (Å²) in [4.78, 5) is 25.6. The number of halogens is 1. The normalized spacial score (nSPS) is 16.6. The van der Waals surface area contributed by atoms with Gasteiger partial charge < -0.3 is 16.0 Å². The maximum Gasteiger partial charge on any atom is 0.247 e. The number of anilines is 1. The Morgan fingerprint density at radius 2 is 2.00 bits per heavy atom. The first kappa shape index (κ1) is 21.3. The molecular weight excluding hydrogens is 389 g/mol. The van der Waals surface area contributed by atoms with E-state index in [2.05, 4.69) is 16.0 Å². The number of nitrogens with one attached hydrogen (secondary N) is 3. The third kappa shape index (κ3) is 5.58. The molecule has 0 aliphatic carbocycles. The standard InChI is InChI=1S/C22H26FN3O2S/c1-14-7-8-18(17(23)11-14)25-21(27)19(9-10-29-2)26-22(28)20-12-15-5-3-4-6-16(15)13-24-20/h3-8,11,19-20,24H,9-10,12-13H2,1-2H3,(H,25,27)(H,26,28). The van der Waals surface area contributed by atoms with Gasteiger partial charge in [0.05, 0.1) is 11.7 Å². The second-order valence-electron chi connectivity index (χ2n) is 7.22. The fourth-order valence-corrected chi connectivity index (χ4v) is 3.83. The first-order chi connectivity index (χ1) is 14.0. The van der Waals surface area contributed by atoms with Crippen LogP contribution in [0.1, 0.15) is 23.1 Å². The molecular formula is C22H26FN3O2S. The molecule has 5 nitrogen and oxygen atoms in total. The molecule has 2 unspecified atom stereocenters. The number of hydrogen-bond donors (Lipinski definition) is 3. The van der Waals surface area contributed by atoms with Gasteiger partial charge in [0.15, 0.2) is 0 Å². The Bertz CT molecular complexity index is 890. The largest absolute Gasteiger partial charge is 0.343 e. The summed E-state index contributed by atoms with van der Waals surface area (Å²) in [5, 5.41) is 8.70. The van der Waals surface area contributed by atoms with Gasteiger partial charge in [0.25, 0.3) is 0 Å². The summed E-state index contributed by atoms with van der Waals surface area (Å²) < 4.78 is 14.1. The highest BCUT2D eigenvalue weighted by molar-refractivity contribution is 7.98. The minimum absolute atomic E-state index is 0.119. The van der Waals surface area contributed by atoms with E-state index in [1.165, 1.54) is 17.7 Å². The maximum absolute atomic E-state index is 14.1. The molecule has 2 amide bonds. The van der Waals surface area contributed by atoms with Crippen LogP contribution in [0.4, 0.5) is 10.1 Å². The van der Waals surface area contributed by atoms with Crippen molar-refractivity contribution in [2.24, 2.45) is 0 Å². The number of carbonyl (C=O) groups is 2. The van der Waals surface area contributed by atoms with Gasteiger partial charge in [-0.1, -0.05) is 30.3 Å². The predicted octanol–water partition coefficient (Wildman–Crippen LogP) is 3.03. The lowest BCUT2D eigenvalue weighted by Crippen LogP contribution is -2.53. The van der Waals surface area contributed by atoms with Crippen molar-refractivity contribution in [1.29, 1.82) is 0 Å². The van der Waals surface area contributed by atoms with E-state index in [9.17, 15) is 14.0 Å². The molecule has 0 saturated carbocycles. The van der Waals surface area contributed by atoms with Crippen molar-refractivity contribution in [2.75, 3.05) is 17.3 Å². The van der Waals surface area contributed by atoms with Crippen LogP contribution in [-0.4, -0.2) is 35.9 Å². The Hall–Kier alpha value is -2.38. The van der Waals surface area contributed by atoms with Crippen LogP contribution < -0.4 is 16.0 Å². The van der Waals surface area contributed by atoms with Gasteiger partial charge in [-0.2, -0.15) is 11.8 Å². The molecule has 1 heterocycles. The SMILES string of the molecule is CSCCC(NC(=O)C1Cc2ccccc2CN1)C(=O)Nc1ccc(C)cc1F. The van der Waals surface area contributed by atoms with E-state index in [4.69, 9.17) is 0 Å². The second-order valence-corrected chi connectivity index (χ2v) is 8.21. The van der Waals surface area contributed by atoms with E-state index >= 15 is 0 Å². The molecule has 2 aromatic rings. The van der Waals surface area contributed by atoms with E-state index in [1.54, 1.807) is 24.8 Å². The molecule has 0 spiro atoms. The molecule has 0 saturated heterocycles. The average Bonchev–Trinajstić information content (AvgIpc) is 2.72. The molecule has 3 rings (SSSR count). The Balaban J connectivity index is 1.66. The smallest absolute Gasteiger partial charge is 0.247 e. The minimum Gasteiger partial charge on any atom is -0.343 e. The number of fused-ring (bicyclic) bond motifs is 1. The maximum atomic E-state index is 14.1. The van der Waals surface area contributed by atoms with Gasteiger partial charge in [-0.05, 0) is 60.6 Å². The summed E-state index contributed by atoms with van der Waals surface area (Å²) in [6.45, 7) is 2.40. The van der Waals surface area contributed by atoms with E-state index < -0.39 is 23.8 Å². The number of carbonyl (C=O) groups excluding carboxylic acids is 2. The van der Waals surface area contributed by atoms with Crippen LogP contribution in [0.15, 0.2) is 42.5 Å². The number of thioether (sulfide) groups is 1. The summed E-state index contributed by atoms with van der Waals surface area (Å²) in [6, 6.07) is 11.5. The minimum atomic E-state index is -0.727. The highest BCUT2D eigenvalue weighted by Gasteiger charge is 2.28. The van der Waals surface area contributed by atoms with Crippen molar-refractivity contribution in [3.8, 4) is 0 Å². The van der Waals surface area contributed by atoms with Crippen molar-refractivity contribution >= 4 is 29.3 Å². The van der Waals surface area contributed by atoms with Crippen molar-refractivity contribution < 1.29 is 14.0 Å². The molecule has 0 bridgehead atoms. The zero-order chi connectivity index (χ0) is 20.8. The number of hydrogen-bond acceptors (Lipinski definition) is 4. The van der Waals surface area contributed by atoms with Gasteiger partial charge in [0.2, 0.25) is 11.8 Å². The van der Waals surface area contributed by atoms with Crippen LogP contribution in [-0.2, 0) is 22.6 Å². The van der Waals surface area contributed by atoms with Crippen LogP contribution in [0.3, 0.4) is 0 Å². The molecule has 29 heavy (non-hydrogen) atoms. The molecule has 0 aromatic heterocycles. The lowest BCUT2D eigenvalue weighted by atomic mass is 9.95. The molecule has 3 N–H and O–H groups in total. The summed E-state index contributed by atoms with van der Waals surface area (Å²) in [5.74, 6) is -0.411. The van der Waals surface area contributed by atoms with E-state index in [-0.39, 0.29) is 11.6 Å². The zero-order valence-corrected chi connectivity index (χ0v) is 17.4. The zero-order valence-electron chi connectivity index (χ0n) is 16.6. The highest BCUT2D eigenvalue weighted by Crippen LogP contribution is 2.18. The number of benzene rings is 2. The summed E-state index contributed by atoms with van der Waals surface area (Å²) in [6.07, 6.45) is 2.98. The lowest BCUT2D eigenvalue weighted by molar-refractivity contribution is -0.128. The van der Waals surface area contributed by atoms with E-state index in [0.717, 1.165) is 11.1 Å². The summed E-state index contributed by atoms with van der Waals surface area (Å²) in [7, 11) is 0. The fraction of sp³-hybridized carbons (Fsp3) is 0.364. The lowest BCUT2D eigenvalue weighted by Gasteiger charge is -2.27. The molecule has 0 fully saturated rings. The fourth-order valence-electron chi connectivity index (χ4n) is 3.36. The second kappa shape index (κ2) is 9.89. The van der Waals surface area contributed by atoms with Gasteiger partial charge in [-0.25, -0.2) is 4.39 Å². The third-order valence-electron chi connectivity index (χ3n) is 5.02. The molecule has 154 valence electrons. The van der Waals surface area contributed by atoms with Gasteiger partial charge in [0, 0.05) is 6.54 Å². The molecule has 0 radical (unpaired) electrons. The number of aryl methyl sites for hydroxylation is 1. The monoisotopic (exact) mass is 415 g/mol. The quantitative estimate of drug-likeness (QED) is 0.650. The van der Waals surface area contributed by atoms with Gasteiger partial charge in [-0.15, -0.1) is 0 Å². The Morgan fingerprint density at radius 3 is 2.72 bits per heavy atom. The summed E-state index contributed by atoms with van der Waals surface area (Å²) >= 11 is 1.59. The van der Waals surface area contributed by atoms with Crippen molar-refractivity contribution in [1.82, 2.24) is 10.6 Å². The van der Waals surface area contributed by atoms with Gasteiger partial charge in [0.1, 0.15) is 11.9 Å². The molecule has 2 atom stereocenters. The topological polar surface area (TPSA) is 70.2 Å². The molecule has 2 aromatic carbocycles. The third-order valence-corrected chi connectivity index (χ3v) is 5.67. The van der Waals surface area contributed by atoms with Crippen molar-refractivity contribution in [3.05, 3.63) is 65.0 Å². The summed E-state index contributed by atoms with van der Waals surface area (Å²) in [5.41, 5.74) is 3.21. The average molecular weight is 416 g/mol. The molecule has 1 aliphatic heterocycles. The van der Waals surface area contributed by atoms with Crippen molar-refractivity contribution in [2.45, 2.75) is 38.4 Å². The van der Waals surface area contributed by atoms with E-state index in [0.29, 0.717) is 25.1 Å². The molecule has 1 aliphatic rings. The van der Waals surface area contributed by atoms with Crippen LogP contribution in [0.5, 0.6) is 0 Å². The Labute approximate surface area is 174 Å². The van der Waals surface area contributed by atoms with Crippen LogP contribution in [0.2, 0.25) is 0 Å². The van der Waals surface area contributed by atoms with Crippen LogP contribution in [0, 0.1) is 12.7 Å². The molecule has 7 heteroatoms. The predicted molar refractivity (Wildman–Crippen MR) is 115 cm³/mol. The van der Waals surface area contributed by atoms with E-state index in [1.807, 2.05) is 30.5 Å². The first-order valence-corrected chi connectivity index (χ1v) is 11.0. The Kier molecular flexibility index (Phi) is 7.28. The Morgan fingerprint density at radius 1 is 1.24 bits per heavy atom. The van der Waals surface area contributed by atoms with Crippen LogP contribution >= 0.6 is 11.8 Å². The van der Waals surface area contributed by atoms with Crippen LogP contribution in [0.25, 0.3) is 0 Å². The number of amides is 2. The highest BCUT2D eigenvalue weighted by atomic mass is 32.2. The van der Waals surface area contributed by atoms with Crippen molar-refractivity contribution in [3.63, 3.8) is 0 Å². The van der Waals surface area contributed by atoms with Gasteiger partial charge >= 0.3 is 0 Å². The first-order valence-electron chi connectivity index (χ1n) is 9.64.